The fraction of sp³-hybridized carbons (Fsp3) is 0.875. The van der Waals surface area contributed by atoms with Gasteiger partial charge in [-0.3, -0.25) is 4.79 Å². The first kappa shape index (κ1) is 7.25. The maximum Gasteiger partial charge on any atom is 0.136 e. The van der Waals surface area contributed by atoms with Crippen LogP contribution in [0.25, 0.3) is 0 Å². The lowest BCUT2D eigenvalue weighted by molar-refractivity contribution is -0.124. The van der Waals surface area contributed by atoms with Gasteiger partial charge in [-0.15, -0.1) is 0 Å². The SMILES string of the molecule is CN1CC2(CC(=O)CCN2)C1. The molecule has 0 atom stereocenters. The van der Waals surface area contributed by atoms with E-state index in [1.807, 2.05) is 0 Å². The Labute approximate surface area is 66.8 Å². The molecule has 0 aliphatic carbocycles. The summed E-state index contributed by atoms with van der Waals surface area (Å²) in [6, 6.07) is 0. The van der Waals surface area contributed by atoms with E-state index in [0.29, 0.717) is 5.78 Å². The molecule has 2 rings (SSSR count). The number of Topliss-reactive ketones (excluding diaryl/α,β-unsaturated/α-hetero) is 1. The number of ketones is 1. The summed E-state index contributed by atoms with van der Waals surface area (Å²) < 4.78 is 0. The van der Waals surface area contributed by atoms with Crippen molar-refractivity contribution in [3.63, 3.8) is 0 Å². The van der Waals surface area contributed by atoms with E-state index >= 15 is 0 Å². The van der Waals surface area contributed by atoms with Crippen molar-refractivity contribution in [1.29, 1.82) is 0 Å². The monoisotopic (exact) mass is 154 g/mol. The van der Waals surface area contributed by atoms with Crippen molar-refractivity contribution >= 4 is 5.78 Å². The molecule has 0 unspecified atom stereocenters. The fourth-order valence-electron chi connectivity index (χ4n) is 2.21. The van der Waals surface area contributed by atoms with Gasteiger partial charge in [-0.1, -0.05) is 0 Å². The molecule has 2 aliphatic rings. The van der Waals surface area contributed by atoms with Crippen molar-refractivity contribution in [1.82, 2.24) is 10.2 Å². The zero-order valence-electron chi connectivity index (χ0n) is 6.89. The van der Waals surface area contributed by atoms with Crippen molar-refractivity contribution in [2.75, 3.05) is 26.7 Å². The molecule has 0 aromatic rings. The second-order valence-electron chi connectivity index (χ2n) is 3.84. The number of hydrogen-bond acceptors (Lipinski definition) is 3. The molecule has 0 bridgehead atoms. The number of likely N-dealkylation sites (N-methyl/N-ethyl adjacent to an activating group) is 1. The Kier molecular flexibility index (Phi) is 1.51. The summed E-state index contributed by atoms with van der Waals surface area (Å²) in [5.74, 6) is 0.428. The molecule has 0 aromatic heterocycles. The van der Waals surface area contributed by atoms with Gasteiger partial charge in [-0.25, -0.2) is 0 Å². The highest BCUT2D eigenvalue weighted by Gasteiger charge is 2.43. The minimum atomic E-state index is 0.171. The van der Waals surface area contributed by atoms with Crippen molar-refractivity contribution in [3.05, 3.63) is 0 Å². The number of nitrogens with zero attached hydrogens (tertiary/aromatic N) is 1. The van der Waals surface area contributed by atoms with Crippen LogP contribution in [-0.2, 0) is 4.79 Å². The Morgan fingerprint density at radius 3 is 2.82 bits per heavy atom. The van der Waals surface area contributed by atoms with Crippen LogP contribution < -0.4 is 5.32 Å². The Morgan fingerprint density at radius 2 is 2.27 bits per heavy atom. The summed E-state index contributed by atoms with van der Waals surface area (Å²) in [5, 5.41) is 3.43. The van der Waals surface area contributed by atoms with Gasteiger partial charge in [0.25, 0.3) is 0 Å². The van der Waals surface area contributed by atoms with Crippen LogP contribution in [0.2, 0.25) is 0 Å². The van der Waals surface area contributed by atoms with Crippen LogP contribution in [0.4, 0.5) is 0 Å². The van der Waals surface area contributed by atoms with Gasteiger partial charge >= 0.3 is 0 Å². The standard InChI is InChI=1S/C8H14N2O/c1-10-5-8(6-10)4-7(11)2-3-9-8/h9H,2-6H2,1H3. The molecule has 3 heteroatoms. The molecule has 0 radical (unpaired) electrons. The van der Waals surface area contributed by atoms with Crippen LogP contribution in [0.5, 0.6) is 0 Å². The van der Waals surface area contributed by atoms with E-state index < -0.39 is 0 Å². The minimum absolute atomic E-state index is 0.171. The Hall–Kier alpha value is -0.410. The first-order valence-electron chi connectivity index (χ1n) is 4.16. The van der Waals surface area contributed by atoms with E-state index in [9.17, 15) is 4.79 Å². The number of hydrogen-bond donors (Lipinski definition) is 1. The van der Waals surface area contributed by atoms with E-state index in [4.69, 9.17) is 0 Å². The molecule has 1 N–H and O–H groups in total. The quantitative estimate of drug-likeness (QED) is 0.516. The van der Waals surface area contributed by atoms with E-state index in [1.165, 1.54) is 0 Å². The van der Waals surface area contributed by atoms with Crippen molar-refractivity contribution in [3.8, 4) is 0 Å². The van der Waals surface area contributed by atoms with Gasteiger partial charge in [0.05, 0.1) is 5.54 Å². The molecular weight excluding hydrogens is 140 g/mol. The predicted octanol–water partition coefficient (Wildman–Crippen LogP) is -0.377. The Morgan fingerprint density at radius 1 is 1.55 bits per heavy atom. The van der Waals surface area contributed by atoms with Gasteiger partial charge < -0.3 is 10.2 Å². The van der Waals surface area contributed by atoms with Gasteiger partial charge in [0, 0.05) is 32.5 Å². The number of carbonyl (C=O) groups is 1. The van der Waals surface area contributed by atoms with Crippen LogP contribution in [0, 0.1) is 0 Å². The van der Waals surface area contributed by atoms with E-state index in [-0.39, 0.29) is 5.54 Å². The molecule has 0 saturated carbocycles. The lowest BCUT2D eigenvalue weighted by Gasteiger charge is -2.50. The topological polar surface area (TPSA) is 32.3 Å². The molecule has 3 nitrogen and oxygen atoms in total. The maximum absolute atomic E-state index is 11.1. The summed E-state index contributed by atoms with van der Waals surface area (Å²) in [6.45, 7) is 2.96. The zero-order chi connectivity index (χ0) is 7.90. The molecule has 1 spiro atoms. The molecule has 0 amide bonds. The van der Waals surface area contributed by atoms with Gasteiger partial charge in [0.15, 0.2) is 0 Å². The third-order valence-corrected chi connectivity index (χ3v) is 2.58. The second-order valence-corrected chi connectivity index (χ2v) is 3.84. The summed E-state index contributed by atoms with van der Waals surface area (Å²) >= 11 is 0. The number of nitrogens with one attached hydrogen (secondary N) is 1. The molecule has 2 heterocycles. The third kappa shape index (κ3) is 1.19. The Balaban J connectivity index is 1.98. The van der Waals surface area contributed by atoms with E-state index in [2.05, 4.69) is 17.3 Å². The predicted molar refractivity (Wildman–Crippen MR) is 42.5 cm³/mol. The van der Waals surface area contributed by atoms with Gasteiger partial charge in [0.1, 0.15) is 5.78 Å². The molecule has 2 saturated heterocycles. The summed E-state index contributed by atoms with van der Waals surface area (Å²) in [4.78, 5) is 13.4. The summed E-state index contributed by atoms with van der Waals surface area (Å²) in [6.07, 6.45) is 1.48. The van der Waals surface area contributed by atoms with Crippen molar-refractivity contribution < 1.29 is 4.79 Å². The number of carbonyl (C=O) groups excluding carboxylic acids is 1. The smallest absolute Gasteiger partial charge is 0.136 e. The molecule has 0 aromatic carbocycles. The summed E-state index contributed by atoms with van der Waals surface area (Å²) in [5.41, 5.74) is 0.171. The van der Waals surface area contributed by atoms with E-state index in [0.717, 1.165) is 32.5 Å². The minimum Gasteiger partial charge on any atom is -0.308 e. The number of piperidine rings is 1. The molecule has 2 aliphatic heterocycles. The summed E-state index contributed by atoms with van der Waals surface area (Å²) in [7, 11) is 2.09. The highest BCUT2D eigenvalue weighted by Crippen LogP contribution is 2.26. The zero-order valence-corrected chi connectivity index (χ0v) is 6.89. The van der Waals surface area contributed by atoms with Crippen molar-refractivity contribution in [2.45, 2.75) is 18.4 Å². The van der Waals surface area contributed by atoms with Crippen LogP contribution in [0.15, 0.2) is 0 Å². The van der Waals surface area contributed by atoms with E-state index in [1.54, 1.807) is 0 Å². The van der Waals surface area contributed by atoms with Crippen LogP contribution in [-0.4, -0.2) is 42.9 Å². The normalized spacial score (nSPS) is 30.5. The van der Waals surface area contributed by atoms with Gasteiger partial charge in [-0.05, 0) is 7.05 Å². The van der Waals surface area contributed by atoms with Crippen LogP contribution in [0.1, 0.15) is 12.8 Å². The highest BCUT2D eigenvalue weighted by molar-refractivity contribution is 5.81. The lowest BCUT2D eigenvalue weighted by atomic mass is 9.82. The van der Waals surface area contributed by atoms with Crippen LogP contribution in [0.3, 0.4) is 0 Å². The first-order chi connectivity index (χ1) is 5.20. The van der Waals surface area contributed by atoms with Crippen molar-refractivity contribution in [2.24, 2.45) is 0 Å². The average molecular weight is 154 g/mol. The molecule has 2 fully saturated rings. The number of likely N-dealkylation sites (tertiary alicyclic amines) is 1. The second kappa shape index (κ2) is 2.29. The fourth-order valence-corrected chi connectivity index (χ4v) is 2.21. The maximum atomic E-state index is 11.1. The first-order valence-corrected chi connectivity index (χ1v) is 4.16. The van der Waals surface area contributed by atoms with Crippen LogP contribution >= 0.6 is 0 Å². The Bertz CT molecular complexity index is 179. The molecule has 11 heavy (non-hydrogen) atoms. The highest BCUT2D eigenvalue weighted by atomic mass is 16.1. The third-order valence-electron chi connectivity index (χ3n) is 2.58. The largest absolute Gasteiger partial charge is 0.308 e. The molecule has 62 valence electrons. The number of rotatable bonds is 0. The van der Waals surface area contributed by atoms with Gasteiger partial charge in [-0.2, -0.15) is 0 Å². The lowest BCUT2D eigenvalue weighted by Crippen LogP contribution is -2.70. The average Bonchev–Trinajstić information content (AvgIpc) is 1.84. The van der Waals surface area contributed by atoms with Gasteiger partial charge in [0.2, 0.25) is 0 Å². The molecular formula is C8H14N2O.